The van der Waals surface area contributed by atoms with Crippen LogP contribution in [0.2, 0.25) is 0 Å². The average molecular weight is 310 g/mol. The van der Waals surface area contributed by atoms with Gasteiger partial charge in [0.2, 0.25) is 11.7 Å². The van der Waals surface area contributed by atoms with E-state index in [1.54, 1.807) is 13.0 Å². The Kier molecular flexibility index (Phi) is 8.86. The average Bonchev–Trinajstić information content (AvgIpc) is 2.47. The lowest BCUT2D eigenvalue weighted by Crippen LogP contribution is -2.30. The molecule has 0 saturated carbocycles. The summed E-state index contributed by atoms with van der Waals surface area (Å²) in [6.45, 7) is 7.28. The van der Waals surface area contributed by atoms with Crippen LogP contribution in [-0.4, -0.2) is 42.1 Å². The van der Waals surface area contributed by atoms with Crippen molar-refractivity contribution in [3.63, 3.8) is 0 Å². The van der Waals surface area contributed by atoms with Gasteiger partial charge in [0.15, 0.2) is 0 Å². The van der Waals surface area contributed by atoms with Gasteiger partial charge in [-0.05, 0) is 19.4 Å². The van der Waals surface area contributed by atoms with Crippen molar-refractivity contribution in [3.8, 4) is 0 Å². The first-order valence-electron chi connectivity index (χ1n) is 7.09. The number of nitrogens with zero attached hydrogens (tertiary/aromatic N) is 1. The number of amides is 1. The molecule has 1 aliphatic heterocycles. The van der Waals surface area contributed by atoms with Gasteiger partial charge in [-0.3, -0.25) is 9.59 Å². The normalized spacial score (nSPS) is 21.0. The maximum absolute atomic E-state index is 10.9. The van der Waals surface area contributed by atoms with Gasteiger partial charge in [0.05, 0.1) is 12.2 Å². The summed E-state index contributed by atoms with van der Waals surface area (Å²) in [5, 5.41) is 8.81. The molecule has 0 bridgehead atoms. The fourth-order valence-electron chi connectivity index (χ4n) is 1.85. The third-order valence-electron chi connectivity index (χ3n) is 3.15. The van der Waals surface area contributed by atoms with Crippen molar-refractivity contribution in [3.05, 3.63) is 36.3 Å². The number of carbonyl (C=O) groups excluding carboxylic acids is 2. The number of carbonyl (C=O) groups is 2. The second-order valence-corrected chi connectivity index (χ2v) is 5.06. The summed E-state index contributed by atoms with van der Waals surface area (Å²) >= 11 is 0. The van der Waals surface area contributed by atoms with Gasteiger partial charge < -0.3 is 20.5 Å². The van der Waals surface area contributed by atoms with E-state index >= 15 is 0 Å². The SMILES string of the molecule is C=CC1C=COC(O)C1=O.CCCC(=C(C)C(N)=O)N(C)C. The first-order valence-corrected chi connectivity index (χ1v) is 7.09. The number of ketones is 1. The third kappa shape index (κ3) is 6.13. The highest BCUT2D eigenvalue weighted by atomic mass is 16.6. The smallest absolute Gasteiger partial charge is 0.257 e. The lowest BCUT2D eigenvalue weighted by molar-refractivity contribution is -0.150. The molecule has 0 radical (unpaired) electrons. The van der Waals surface area contributed by atoms with Crippen molar-refractivity contribution in [1.29, 1.82) is 0 Å². The molecule has 2 unspecified atom stereocenters. The molecular formula is C16H26N2O4. The molecule has 1 heterocycles. The zero-order chi connectivity index (χ0) is 17.3. The molecule has 2 atom stereocenters. The van der Waals surface area contributed by atoms with Gasteiger partial charge in [0, 0.05) is 25.4 Å². The van der Waals surface area contributed by atoms with Gasteiger partial charge >= 0.3 is 0 Å². The first kappa shape index (κ1) is 19.9. The summed E-state index contributed by atoms with van der Waals surface area (Å²) in [4.78, 5) is 23.7. The van der Waals surface area contributed by atoms with Crippen LogP contribution in [0.5, 0.6) is 0 Å². The maximum Gasteiger partial charge on any atom is 0.257 e. The van der Waals surface area contributed by atoms with Crippen LogP contribution in [0.3, 0.4) is 0 Å². The van der Waals surface area contributed by atoms with Crippen molar-refractivity contribution >= 4 is 11.7 Å². The van der Waals surface area contributed by atoms with E-state index < -0.39 is 12.2 Å². The van der Waals surface area contributed by atoms with Crippen LogP contribution in [0.4, 0.5) is 0 Å². The Labute approximate surface area is 131 Å². The molecule has 124 valence electrons. The van der Waals surface area contributed by atoms with Gasteiger partial charge in [-0.1, -0.05) is 19.4 Å². The Hall–Kier alpha value is -2.08. The predicted molar refractivity (Wildman–Crippen MR) is 85.4 cm³/mol. The minimum absolute atomic E-state index is 0.327. The molecule has 3 N–H and O–H groups in total. The Bertz CT molecular complexity index is 467. The zero-order valence-corrected chi connectivity index (χ0v) is 13.7. The van der Waals surface area contributed by atoms with Crippen molar-refractivity contribution in [2.75, 3.05) is 14.1 Å². The maximum atomic E-state index is 10.9. The number of aliphatic hydroxyl groups is 1. The summed E-state index contributed by atoms with van der Waals surface area (Å²) < 4.78 is 4.50. The molecule has 1 amide bonds. The van der Waals surface area contributed by atoms with Crippen LogP contribution in [0.15, 0.2) is 36.3 Å². The summed E-state index contributed by atoms with van der Waals surface area (Å²) in [6.07, 6.45) is 4.93. The molecule has 6 nitrogen and oxygen atoms in total. The molecule has 0 aromatic heterocycles. The highest BCUT2D eigenvalue weighted by molar-refractivity contribution is 5.92. The van der Waals surface area contributed by atoms with Crippen LogP contribution in [0.25, 0.3) is 0 Å². The van der Waals surface area contributed by atoms with Crippen molar-refractivity contribution < 1.29 is 19.4 Å². The molecular weight excluding hydrogens is 284 g/mol. The number of ether oxygens (including phenoxy) is 1. The Morgan fingerprint density at radius 1 is 1.55 bits per heavy atom. The molecule has 22 heavy (non-hydrogen) atoms. The van der Waals surface area contributed by atoms with E-state index in [1.165, 1.54) is 12.3 Å². The Balaban J connectivity index is 0.000000406. The fourth-order valence-corrected chi connectivity index (χ4v) is 1.85. The summed E-state index contributed by atoms with van der Waals surface area (Å²) in [5.41, 5.74) is 6.88. The van der Waals surface area contributed by atoms with Gasteiger partial charge in [0.1, 0.15) is 0 Å². The van der Waals surface area contributed by atoms with E-state index in [-0.39, 0.29) is 11.7 Å². The molecule has 0 saturated heterocycles. The molecule has 0 aliphatic carbocycles. The van der Waals surface area contributed by atoms with E-state index in [0.29, 0.717) is 5.57 Å². The minimum Gasteiger partial charge on any atom is -0.465 e. The molecule has 0 spiro atoms. The molecule has 1 rings (SSSR count). The quantitative estimate of drug-likeness (QED) is 0.590. The lowest BCUT2D eigenvalue weighted by atomic mass is 10.0. The van der Waals surface area contributed by atoms with Crippen molar-refractivity contribution in [1.82, 2.24) is 4.90 Å². The first-order chi connectivity index (χ1) is 10.3. The number of aliphatic hydroxyl groups excluding tert-OH is 1. The van der Waals surface area contributed by atoms with Gasteiger partial charge in [-0.25, -0.2) is 0 Å². The summed E-state index contributed by atoms with van der Waals surface area (Å²) in [7, 11) is 3.86. The van der Waals surface area contributed by atoms with Crippen LogP contribution in [0.1, 0.15) is 26.7 Å². The van der Waals surface area contributed by atoms with Crippen LogP contribution in [0, 0.1) is 5.92 Å². The number of nitrogens with two attached hydrogens (primary N) is 1. The topological polar surface area (TPSA) is 92.9 Å². The number of hydrogen-bond donors (Lipinski definition) is 2. The number of primary amides is 1. The second kappa shape index (κ2) is 9.78. The number of hydrogen-bond acceptors (Lipinski definition) is 5. The van der Waals surface area contributed by atoms with Gasteiger partial charge in [-0.15, -0.1) is 6.58 Å². The number of allylic oxidation sites excluding steroid dienone is 3. The lowest BCUT2D eigenvalue weighted by Gasteiger charge is -2.18. The predicted octanol–water partition coefficient (Wildman–Crippen LogP) is 1.33. The number of Topliss-reactive ketones (excluding diaryl/α,β-unsaturated/α-hetero) is 1. The molecule has 0 fully saturated rings. The van der Waals surface area contributed by atoms with Crippen molar-refractivity contribution in [2.45, 2.75) is 33.0 Å². The molecule has 0 aromatic rings. The molecule has 1 aliphatic rings. The standard InChI is InChI=1S/C9H18N2O.C7H8O3/c1-5-6-8(11(3)4)7(2)9(10)12;1-2-5-3-4-10-7(9)6(5)8/h5-6H2,1-4H3,(H2,10,12);2-5,7,9H,1H2. The van der Waals surface area contributed by atoms with E-state index in [9.17, 15) is 9.59 Å². The van der Waals surface area contributed by atoms with Crippen LogP contribution < -0.4 is 5.73 Å². The van der Waals surface area contributed by atoms with E-state index in [1.807, 2.05) is 19.0 Å². The minimum atomic E-state index is -1.31. The highest BCUT2D eigenvalue weighted by Crippen LogP contribution is 2.13. The fraction of sp³-hybridized carbons (Fsp3) is 0.500. The zero-order valence-electron chi connectivity index (χ0n) is 13.7. The van der Waals surface area contributed by atoms with Crippen molar-refractivity contribution in [2.24, 2.45) is 11.7 Å². The molecule has 6 heteroatoms. The molecule has 0 aromatic carbocycles. The Morgan fingerprint density at radius 2 is 2.14 bits per heavy atom. The second-order valence-electron chi connectivity index (χ2n) is 5.06. The van der Waals surface area contributed by atoms with E-state index in [4.69, 9.17) is 10.8 Å². The number of rotatable bonds is 5. The largest absolute Gasteiger partial charge is 0.465 e. The highest BCUT2D eigenvalue weighted by Gasteiger charge is 2.24. The monoisotopic (exact) mass is 310 g/mol. The van der Waals surface area contributed by atoms with E-state index in [0.717, 1.165) is 18.5 Å². The summed E-state index contributed by atoms with van der Waals surface area (Å²) in [6, 6.07) is 0. The van der Waals surface area contributed by atoms with Gasteiger partial charge in [0.25, 0.3) is 6.29 Å². The van der Waals surface area contributed by atoms with Crippen LogP contribution in [-0.2, 0) is 14.3 Å². The van der Waals surface area contributed by atoms with Crippen LogP contribution >= 0.6 is 0 Å². The Morgan fingerprint density at radius 3 is 2.50 bits per heavy atom. The van der Waals surface area contributed by atoms with Gasteiger partial charge in [-0.2, -0.15) is 0 Å². The third-order valence-corrected chi connectivity index (χ3v) is 3.15. The summed E-state index contributed by atoms with van der Waals surface area (Å²) in [5.74, 6) is -1.09. The van der Waals surface area contributed by atoms with E-state index in [2.05, 4.69) is 18.2 Å².